The third kappa shape index (κ3) is 9.78. The highest BCUT2D eigenvalue weighted by Gasteiger charge is 2.63. The number of aliphatic hydroxyl groups excluding tert-OH is 1. The summed E-state index contributed by atoms with van der Waals surface area (Å²) in [5.41, 5.74) is 13.6. The zero-order valence-corrected chi connectivity index (χ0v) is 49.4. The summed E-state index contributed by atoms with van der Waals surface area (Å²) < 4.78 is 37.1. The monoisotopic (exact) mass is 1050 g/mol. The predicted molar refractivity (Wildman–Crippen MR) is 311 cm³/mol. The molecule has 8 aliphatic rings. The molecule has 6 bridgehead atoms. The first-order valence-corrected chi connectivity index (χ1v) is 29.3. The largest absolute Gasteiger partial charge is 0.493 e. The Morgan fingerprint density at radius 3 is 2.05 bits per heavy atom. The molecule has 4 aromatic carbocycles. The van der Waals surface area contributed by atoms with Crippen LogP contribution in [0.5, 0.6) is 46.0 Å². The van der Waals surface area contributed by atoms with Crippen molar-refractivity contribution in [3.63, 3.8) is 0 Å². The minimum atomic E-state index is -0.130. The van der Waals surface area contributed by atoms with Gasteiger partial charge in [-0.2, -0.15) is 0 Å². The molecule has 77 heavy (non-hydrogen) atoms. The van der Waals surface area contributed by atoms with E-state index in [4.69, 9.17) is 28.4 Å². The van der Waals surface area contributed by atoms with E-state index in [1.54, 1.807) is 28.4 Å². The highest BCUT2D eigenvalue weighted by molar-refractivity contribution is 5.64. The first-order chi connectivity index (χ1) is 36.8. The number of hydrogen-bond acceptors (Lipinski definition) is 9. The minimum Gasteiger partial charge on any atom is -0.493 e. The zero-order chi connectivity index (χ0) is 54.8. The number of benzene rings is 4. The van der Waals surface area contributed by atoms with Gasteiger partial charge in [0, 0.05) is 30.7 Å². The van der Waals surface area contributed by atoms with Crippen LogP contribution >= 0.6 is 0 Å². The van der Waals surface area contributed by atoms with Crippen molar-refractivity contribution in [3.8, 4) is 46.0 Å². The first kappa shape index (κ1) is 55.4. The summed E-state index contributed by atoms with van der Waals surface area (Å²) in [5.74, 6) is 7.73. The van der Waals surface area contributed by atoms with Crippen LogP contribution in [0.15, 0.2) is 83.5 Å². The van der Waals surface area contributed by atoms with Crippen LogP contribution in [0, 0.1) is 39.4 Å². The van der Waals surface area contributed by atoms with Crippen molar-refractivity contribution in [2.45, 2.75) is 163 Å². The standard InChI is InChI=1S/C38H42N2O6.C30H50O/c1-39-15-13-25-20-32(42-4)34-22-28(25)29(39)17-23-7-10-27(11-8-23)45-33-19-24(9-12-31(33)41-3)18-30-36-26(14-16-40(30)2)21-35(43-5)37(44-6)38(36)46-34;1-20(2)10-9-11-21(3)22-14-18-30(8)24-12-13-25-27(4,5)26(31)16-17-28(25,6)23(24)15-19-29(22,30)7/h7-12,19-22,29-30H,13-18H2,1-6H3;10,21-22,25-26,31H,9,11-19H2,1-8H3. The number of rotatable bonds is 8. The van der Waals surface area contributed by atoms with Gasteiger partial charge in [0.05, 0.1) is 34.5 Å². The average Bonchev–Trinajstić information content (AvgIpc) is 3.74. The number of fused-ring (bicyclic) bond motifs is 6. The highest BCUT2D eigenvalue weighted by atomic mass is 16.5. The zero-order valence-electron chi connectivity index (χ0n) is 49.4. The molecule has 2 fully saturated rings. The predicted octanol–water partition coefficient (Wildman–Crippen LogP) is 15.6. The molecule has 0 saturated heterocycles. The summed E-state index contributed by atoms with van der Waals surface area (Å²) in [4.78, 5) is 4.81. The maximum absolute atomic E-state index is 10.8. The molecule has 4 aliphatic carbocycles. The fraction of sp³-hybridized carbons (Fsp3) is 0.588. The van der Waals surface area contributed by atoms with Gasteiger partial charge in [0.1, 0.15) is 5.75 Å². The summed E-state index contributed by atoms with van der Waals surface area (Å²) in [7, 11) is 11.1. The Labute approximate surface area is 462 Å². The second-order valence-electron chi connectivity index (χ2n) is 26.0. The minimum absolute atomic E-state index is 0.000437. The van der Waals surface area contributed by atoms with Crippen LogP contribution < -0.4 is 28.4 Å². The second kappa shape index (κ2) is 21.6. The van der Waals surface area contributed by atoms with E-state index in [-0.39, 0.29) is 23.6 Å². The summed E-state index contributed by atoms with van der Waals surface area (Å²) >= 11 is 0. The van der Waals surface area contributed by atoms with E-state index in [0.29, 0.717) is 62.4 Å². The molecule has 9 atom stereocenters. The van der Waals surface area contributed by atoms with Crippen LogP contribution in [0.1, 0.15) is 165 Å². The van der Waals surface area contributed by atoms with E-state index in [0.717, 1.165) is 73.9 Å². The third-order valence-electron chi connectivity index (χ3n) is 21.5. The topological polar surface area (TPSA) is 82.1 Å². The van der Waals surface area contributed by atoms with Crippen molar-refractivity contribution in [1.82, 2.24) is 9.80 Å². The maximum Gasteiger partial charge on any atom is 0.204 e. The van der Waals surface area contributed by atoms with Gasteiger partial charge in [-0.1, -0.05) is 82.5 Å². The van der Waals surface area contributed by atoms with E-state index in [9.17, 15) is 5.11 Å². The Morgan fingerprint density at radius 2 is 1.35 bits per heavy atom. The van der Waals surface area contributed by atoms with Gasteiger partial charge in [0.15, 0.2) is 34.5 Å². The number of methoxy groups -OCH3 is 4. The molecule has 12 rings (SSSR count). The molecular formula is C68H92N2O7. The van der Waals surface area contributed by atoms with Gasteiger partial charge < -0.3 is 33.5 Å². The van der Waals surface area contributed by atoms with Gasteiger partial charge in [-0.05, 0) is 228 Å². The number of hydrogen-bond donors (Lipinski definition) is 1. The van der Waals surface area contributed by atoms with Gasteiger partial charge in [0.25, 0.3) is 0 Å². The van der Waals surface area contributed by atoms with Gasteiger partial charge in [-0.3, -0.25) is 9.80 Å². The Hall–Kier alpha value is -4.96. The van der Waals surface area contributed by atoms with E-state index < -0.39 is 0 Å². The first-order valence-electron chi connectivity index (χ1n) is 29.3. The lowest BCUT2D eigenvalue weighted by Crippen LogP contribution is -2.55. The van der Waals surface area contributed by atoms with Crippen molar-refractivity contribution in [1.29, 1.82) is 0 Å². The average molecular weight is 1050 g/mol. The molecular weight excluding hydrogens is 957 g/mol. The normalized spacial score (nSPS) is 29.5. The molecule has 0 spiro atoms. The molecule has 0 radical (unpaired) electrons. The number of likely N-dealkylation sites (N-methyl/N-ethyl adjacent to an activating group) is 2. The van der Waals surface area contributed by atoms with Gasteiger partial charge in [0.2, 0.25) is 5.75 Å². The van der Waals surface area contributed by atoms with Gasteiger partial charge in [-0.25, -0.2) is 0 Å². The lowest BCUT2D eigenvalue weighted by atomic mass is 9.43. The van der Waals surface area contributed by atoms with Gasteiger partial charge in [-0.15, -0.1) is 0 Å². The summed E-state index contributed by atoms with van der Waals surface area (Å²) in [6, 6.07) is 21.2. The molecule has 416 valence electrons. The van der Waals surface area contributed by atoms with Crippen molar-refractivity contribution in [3.05, 3.63) is 117 Å². The van der Waals surface area contributed by atoms with Crippen LogP contribution in [0.25, 0.3) is 0 Å². The molecule has 4 aromatic rings. The summed E-state index contributed by atoms with van der Waals surface area (Å²) in [6.45, 7) is 21.5. The number of nitrogens with zero attached hydrogens (tertiary/aromatic N) is 2. The molecule has 9 heteroatoms. The lowest BCUT2D eigenvalue weighted by Gasteiger charge is -2.62. The van der Waals surface area contributed by atoms with Gasteiger partial charge >= 0.3 is 0 Å². The SMILES string of the molecule is CC(C)=CCCC(C)C1CCC2(C)C3=C(CCC12C)C1(C)CCC(O)C(C)(C)C1CC3.COc1ccc2cc1Oc1ccc(cc1)CC1c3cc(c(OC)cc3CCN1C)Oc1c(OC)c(OC)cc3c1C(C2)N(C)CC3. The molecule has 9 unspecified atom stereocenters. The summed E-state index contributed by atoms with van der Waals surface area (Å²) in [6.07, 6.45) is 18.5. The smallest absolute Gasteiger partial charge is 0.204 e. The fourth-order valence-electron chi connectivity index (χ4n) is 16.7. The van der Waals surface area contributed by atoms with Crippen LogP contribution in [-0.2, 0) is 25.7 Å². The van der Waals surface area contributed by atoms with Crippen molar-refractivity contribution >= 4 is 0 Å². The van der Waals surface area contributed by atoms with Crippen LogP contribution in [0.3, 0.4) is 0 Å². The lowest BCUT2D eigenvalue weighted by molar-refractivity contribution is -0.0962. The second-order valence-corrected chi connectivity index (χ2v) is 26.0. The Kier molecular flexibility index (Phi) is 15.5. The van der Waals surface area contributed by atoms with E-state index in [2.05, 4.69) is 128 Å². The van der Waals surface area contributed by atoms with Crippen molar-refractivity contribution < 1.29 is 33.5 Å². The molecule has 0 aromatic heterocycles. The van der Waals surface area contributed by atoms with Crippen LogP contribution in [0.2, 0.25) is 0 Å². The Morgan fingerprint density at radius 1 is 0.688 bits per heavy atom. The quantitative estimate of drug-likeness (QED) is 0.174. The molecule has 2 saturated carbocycles. The van der Waals surface area contributed by atoms with Crippen LogP contribution in [0.4, 0.5) is 0 Å². The Bertz CT molecular complexity index is 2880. The number of ether oxygens (including phenoxy) is 6. The molecule has 4 aliphatic heterocycles. The van der Waals surface area contributed by atoms with E-state index >= 15 is 0 Å². The molecule has 9 nitrogen and oxygen atoms in total. The molecule has 4 heterocycles. The number of aliphatic hydroxyl groups is 1. The molecule has 1 N–H and O–H groups in total. The number of allylic oxidation sites excluding steroid dienone is 4. The summed E-state index contributed by atoms with van der Waals surface area (Å²) in [5, 5.41) is 10.8. The van der Waals surface area contributed by atoms with E-state index in [1.165, 1.54) is 85.6 Å². The van der Waals surface area contributed by atoms with Crippen LogP contribution in [-0.4, -0.2) is 76.6 Å². The molecule has 0 amide bonds. The fourth-order valence-corrected chi connectivity index (χ4v) is 16.7. The van der Waals surface area contributed by atoms with Crippen molar-refractivity contribution in [2.24, 2.45) is 39.4 Å². The Balaban J connectivity index is 0.000000189. The maximum atomic E-state index is 10.8. The van der Waals surface area contributed by atoms with Crippen molar-refractivity contribution in [2.75, 3.05) is 55.6 Å². The van der Waals surface area contributed by atoms with E-state index in [1.807, 2.05) is 29.3 Å². The highest BCUT2D eigenvalue weighted by Crippen LogP contribution is 2.72. The third-order valence-corrected chi connectivity index (χ3v) is 21.5.